The highest BCUT2D eigenvalue weighted by atomic mass is 16.1. The van der Waals surface area contributed by atoms with Crippen LogP contribution in [0.3, 0.4) is 0 Å². The first-order valence-electron chi connectivity index (χ1n) is 6.99. The van der Waals surface area contributed by atoms with E-state index in [1.807, 2.05) is 0 Å². The summed E-state index contributed by atoms with van der Waals surface area (Å²) in [5, 5.41) is 0. The van der Waals surface area contributed by atoms with E-state index in [2.05, 4.69) is 11.8 Å². The Morgan fingerprint density at radius 2 is 1.62 bits per heavy atom. The fourth-order valence-corrected chi connectivity index (χ4v) is 4.45. The molecule has 16 heavy (non-hydrogen) atoms. The average Bonchev–Trinajstić information content (AvgIpc) is 2.64. The van der Waals surface area contributed by atoms with E-state index in [-0.39, 0.29) is 0 Å². The molecule has 0 aromatic heterocycles. The summed E-state index contributed by atoms with van der Waals surface area (Å²) in [7, 11) is 0. The number of piperidine rings is 2. The molecule has 3 aliphatic rings. The van der Waals surface area contributed by atoms with E-state index >= 15 is 0 Å². The van der Waals surface area contributed by atoms with Crippen LogP contribution in [0.15, 0.2) is 0 Å². The molecule has 0 amide bonds. The first-order chi connectivity index (χ1) is 7.69. The van der Waals surface area contributed by atoms with Crippen LogP contribution < -0.4 is 0 Å². The topological polar surface area (TPSA) is 20.3 Å². The van der Waals surface area contributed by atoms with Crippen LogP contribution in [0.5, 0.6) is 0 Å². The lowest BCUT2D eigenvalue weighted by Gasteiger charge is -2.53. The van der Waals surface area contributed by atoms with Crippen molar-refractivity contribution in [3.63, 3.8) is 0 Å². The fourth-order valence-electron chi connectivity index (χ4n) is 4.45. The van der Waals surface area contributed by atoms with E-state index in [4.69, 9.17) is 0 Å². The average molecular weight is 221 g/mol. The minimum atomic E-state index is 0.427. The van der Waals surface area contributed by atoms with E-state index < -0.39 is 0 Å². The predicted octanol–water partition coefficient (Wildman–Crippen LogP) is 2.91. The molecule has 0 N–H and O–H groups in total. The number of ketones is 1. The van der Waals surface area contributed by atoms with Crippen LogP contribution in [0.1, 0.15) is 64.7 Å². The summed E-state index contributed by atoms with van der Waals surface area (Å²) in [4.78, 5) is 14.5. The number of hydrogen-bond acceptors (Lipinski definition) is 2. The van der Waals surface area contributed by atoms with Crippen LogP contribution in [-0.2, 0) is 4.79 Å². The summed E-state index contributed by atoms with van der Waals surface area (Å²) >= 11 is 0. The molecule has 0 aromatic carbocycles. The van der Waals surface area contributed by atoms with E-state index in [9.17, 15) is 4.79 Å². The molecule has 2 heterocycles. The van der Waals surface area contributed by atoms with Gasteiger partial charge < -0.3 is 0 Å². The highest BCUT2D eigenvalue weighted by Crippen LogP contribution is 2.44. The third-order valence-corrected chi connectivity index (χ3v) is 5.09. The fraction of sp³-hybridized carbons (Fsp3) is 0.929. The van der Waals surface area contributed by atoms with Gasteiger partial charge in [0.25, 0.3) is 0 Å². The van der Waals surface area contributed by atoms with Crippen molar-refractivity contribution in [1.29, 1.82) is 0 Å². The molecule has 3 rings (SSSR count). The van der Waals surface area contributed by atoms with E-state index in [0.29, 0.717) is 23.4 Å². The Bertz CT molecular complexity index is 277. The zero-order valence-electron chi connectivity index (χ0n) is 10.4. The Hall–Kier alpha value is -0.370. The van der Waals surface area contributed by atoms with Gasteiger partial charge in [0.15, 0.2) is 0 Å². The minimum absolute atomic E-state index is 0.427. The van der Waals surface area contributed by atoms with Gasteiger partial charge >= 0.3 is 0 Å². The molecule has 2 saturated heterocycles. The van der Waals surface area contributed by atoms with Gasteiger partial charge in [0.2, 0.25) is 0 Å². The number of rotatable bonds is 1. The molecule has 1 aliphatic carbocycles. The molecule has 0 spiro atoms. The molecular formula is C14H23NO. The highest BCUT2D eigenvalue weighted by molar-refractivity contribution is 5.80. The van der Waals surface area contributed by atoms with Gasteiger partial charge in [-0.2, -0.15) is 0 Å². The van der Waals surface area contributed by atoms with Crippen molar-refractivity contribution in [1.82, 2.24) is 4.90 Å². The van der Waals surface area contributed by atoms with E-state index in [1.54, 1.807) is 0 Å². The van der Waals surface area contributed by atoms with Gasteiger partial charge in [-0.3, -0.25) is 9.69 Å². The quantitative estimate of drug-likeness (QED) is 0.678. The Balaban J connectivity index is 1.85. The van der Waals surface area contributed by atoms with E-state index in [0.717, 1.165) is 12.8 Å². The number of fused-ring (bicyclic) bond motifs is 2. The summed E-state index contributed by atoms with van der Waals surface area (Å²) in [5.74, 6) is 0.521. The van der Waals surface area contributed by atoms with Crippen molar-refractivity contribution in [2.45, 2.75) is 82.3 Å². The maximum absolute atomic E-state index is 11.7. The molecular weight excluding hydrogens is 198 g/mol. The van der Waals surface area contributed by atoms with Crippen LogP contribution in [0.4, 0.5) is 0 Å². The Morgan fingerprint density at radius 3 is 2.19 bits per heavy atom. The molecule has 2 atom stereocenters. The number of Topliss-reactive ketones (excluding diaryl/α,β-unsaturated/α-hetero) is 1. The monoisotopic (exact) mass is 221 g/mol. The maximum Gasteiger partial charge on any atom is 0.136 e. The zero-order chi connectivity index (χ0) is 11.2. The molecule has 2 bridgehead atoms. The van der Waals surface area contributed by atoms with Crippen LogP contribution in [0, 0.1) is 0 Å². The predicted molar refractivity (Wildman–Crippen MR) is 64.4 cm³/mol. The SMILES string of the molecule is CC1(N2C3CCCC2CC(=O)C3)CCCC1. The molecule has 0 radical (unpaired) electrons. The lowest BCUT2D eigenvalue weighted by molar-refractivity contribution is -0.132. The lowest BCUT2D eigenvalue weighted by Crippen LogP contribution is -2.60. The van der Waals surface area contributed by atoms with Gasteiger partial charge in [0, 0.05) is 30.5 Å². The maximum atomic E-state index is 11.7. The van der Waals surface area contributed by atoms with Crippen LogP contribution >= 0.6 is 0 Å². The first kappa shape index (κ1) is 10.8. The van der Waals surface area contributed by atoms with Gasteiger partial charge in [-0.25, -0.2) is 0 Å². The van der Waals surface area contributed by atoms with Crippen molar-refractivity contribution in [3.8, 4) is 0 Å². The smallest absolute Gasteiger partial charge is 0.136 e. The third-order valence-electron chi connectivity index (χ3n) is 5.09. The molecule has 2 heteroatoms. The molecule has 1 saturated carbocycles. The Morgan fingerprint density at radius 1 is 1.06 bits per heavy atom. The van der Waals surface area contributed by atoms with Crippen LogP contribution in [0.25, 0.3) is 0 Å². The normalized spacial score (nSPS) is 38.9. The second kappa shape index (κ2) is 3.83. The molecule has 0 aromatic rings. The van der Waals surface area contributed by atoms with Crippen LogP contribution in [0.2, 0.25) is 0 Å². The van der Waals surface area contributed by atoms with Crippen molar-refractivity contribution in [2.24, 2.45) is 0 Å². The van der Waals surface area contributed by atoms with Crippen molar-refractivity contribution in [2.75, 3.05) is 0 Å². The largest absolute Gasteiger partial charge is 0.300 e. The molecule has 2 aliphatic heterocycles. The third kappa shape index (κ3) is 1.62. The van der Waals surface area contributed by atoms with E-state index in [1.165, 1.54) is 44.9 Å². The first-order valence-corrected chi connectivity index (χ1v) is 6.99. The molecule has 3 fully saturated rings. The highest BCUT2D eigenvalue weighted by Gasteiger charge is 2.47. The van der Waals surface area contributed by atoms with Gasteiger partial charge in [-0.05, 0) is 32.6 Å². The Kier molecular flexibility index (Phi) is 2.58. The molecule has 2 nitrogen and oxygen atoms in total. The summed E-state index contributed by atoms with van der Waals surface area (Å²) in [6.07, 6.45) is 11.0. The van der Waals surface area contributed by atoms with Crippen LogP contribution in [-0.4, -0.2) is 28.3 Å². The van der Waals surface area contributed by atoms with Crippen molar-refractivity contribution >= 4 is 5.78 Å². The number of carbonyl (C=O) groups excluding carboxylic acids is 1. The van der Waals surface area contributed by atoms with Gasteiger partial charge in [-0.15, -0.1) is 0 Å². The summed E-state index contributed by atoms with van der Waals surface area (Å²) in [6.45, 7) is 2.45. The standard InChI is InChI=1S/C14H23NO/c1-14(7-2-3-8-14)15-11-5-4-6-12(15)10-13(16)9-11/h11-12H,2-10H2,1H3. The summed E-state index contributed by atoms with van der Waals surface area (Å²) < 4.78 is 0. The van der Waals surface area contributed by atoms with Crippen molar-refractivity contribution in [3.05, 3.63) is 0 Å². The minimum Gasteiger partial charge on any atom is -0.300 e. The zero-order valence-corrected chi connectivity index (χ0v) is 10.4. The number of carbonyl (C=O) groups is 1. The number of hydrogen-bond donors (Lipinski definition) is 0. The molecule has 90 valence electrons. The second-order valence-corrected chi connectivity index (χ2v) is 6.30. The van der Waals surface area contributed by atoms with Crippen molar-refractivity contribution < 1.29 is 4.79 Å². The summed E-state index contributed by atoms with van der Waals surface area (Å²) in [5.41, 5.74) is 0.427. The number of nitrogens with zero attached hydrogens (tertiary/aromatic N) is 1. The second-order valence-electron chi connectivity index (χ2n) is 6.30. The Labute approximate surface area is 98.4 Å². The summed E-state index contributed by atoms with van der Waals surface area (Å²) in [6, 6.07) is 1.17. The van der Waals surface area contributed by atoms with Gasteiger partial charge in [0.05, 0.1) is 0 Å². The molecule has 2 unspecified atom stereocenters. The van der Waals surface area contributed by atoms with Gasteiger partial charge in [0.1, 0.15) is 5.78 Å². The lowest BCUT2D eigenvalue weighted by atomic mass is 9.79. The van der Waals surface area contributed by atoms with Gasteiger partial charge in [-0.1, -0.05) is 19.3 Å².